The number of fused-ring (bicyclic) bond motifs is 3. The largest absolute Gasteiger partial charge is 0.488 e. The van der Waals surface area contributed by atoms with E-state index in [0.29, 0.717) is 17.7 Å². The highest BCUT2D eigenvalue weighted by atomic mass is 19.1. The molecule has 2 aliphatic rings. The van der Waals surface area contributed by atoms with Crippen molar-refractivity contribution in [3.05, 3.63) is 65.1 Å². The van der Waals surface area contributed by atoms with Crippen molar-refractivity contribution in [1.82, 2.24) is 14.8 Å². The Morgan fingerprint density at radius 2 is 1.91 bits per heavy atom. The highest BCUT2D eigenvalue weighted by Gasteiger charge is 2.39. The lowest BCUT2D eigenvalue weighted by Crippen LogP contribution is -2.53. The lowest BCUT2D eigenvalue weighted by molar-refractivity contribution is 0.0182. The zero-order valence-electron chi connectivity index (χ0n) is 20.7. The summed E-state index contributed by atoms with van der Waals surface area (Å²) in [4.78, 5) is 7.73. The standard InChI is InChI=1S/C28H34F3N3O/c1-18-13-23-21-7-4-5-8-25(21)32-26(23)27(34(18)17-28(2,3)31)22-10-9-19(14-24(22)30)35-20-15-33(16-20)12-6-11-29/h4-5,7-10,14,18,20,27,32H,6,11-13,15-17H2,1-3H3/t18-,27?/m1/s1. The van der Waals surface area contributed by atoms with E-state index in [1.807, 2.05) is 24.3 Å². The van der Waals surface area contributed by atoms with Gasteiger partial charge in [0.25, 0.3) is 0 Å². The quantitative estimate of drug-likeness (QED) is 0.437. The Balaban J connectivity index is 1.45. The molecule has 3 heterocycles. The number of rotatable bonds is 8. The molecule has 35 heavy (non-hydrogen) atoms. The molecule has 0 saturated carbocycles. The van der Waals surface area contributed by atoms with Crippen molar-refractivity contribution in [2.45, 2.75) is 57.5 Å². The van der Waals surface area contributed by atoms with Crippen molar-refractivity contribution in [3.63, 3.8) is 0 Å². The van der Waals surface area contributed by atoms with Gasteiger partial charge in [-0.2, -0.15) is 0 Å². The molecule has 2 aliphatic heterocycles. The number of H-pyrrole nitrogens is 1. The zero-order chi connectivity index (χ0) is 24.7. The van der Waals surface area contributed by atoms with Crippen molar-refractivity contribution < 1.29 is 17.9 Å². The highest BCUT2D eigenvalue weighted by Crippen LogP contribution is 2.42. The van der Waals surface area contributed by atoms with Gasteiger partial charge in [0.1, 0.15) is 23.3 Å². The molecule has 1 unspecified atom stereocenters. The van der Waals surface area contributed by atoms with E-state index < -0.39 is 11.7 Å². The Labute approximate surface area is 205 Å². The molecule has 0 bridgehead atoms. The van der Waals surface area contributed by atoms with Crippen molar-refractivity contribution in [2.75, 3.05) is 32.9 Å². The van der Waals surface area contributed by atoms with Gasteiger partial charge in [-0.05, 0) is 51.3 Å². The maximum Gasteiger partial charge on any atom is 0.132 e. The molecule has 4 nitrogen and oxygen atoms in total. The molecule has 2 atom stereocenters. The number of aromatic nitrogens is 1. The smallest absolute Gasteiger partial charge is 0.132 e. The van der Waals surface area contributed by atoms with Crippen LogP contribution in [0.3, 0.4) is 0 Å². The van der Waals surface area contributed by atoms with E-state index in [-0.39, 0.29) is 31.2 Å². The Hall–Kier alpha value is -2.51. The number of nitrogens with one attached hydrogen (secondary N) is 1. The summed E-state index contributed by atoms with van der Waals surface area (Å²) >= 11 is 0. The predicted octanol–water partition coefficient (Wildman–Crippen LogP) is 5.81. The van der Waals surface area contributed by atoms with Gasteiger partial charge in [0.2, 0.25) is 0 Å². The van der Waals surface area contributed by atoms with Gasteiger partial charge in [0.05, 0.1) is 12.7 Å². The lowest BCUT2D eigenvalue weighted by Gasteiger charge is -2.43. The number of alkyl halides is 2. The number of ether oxygens (including phenoxy) is 1. The van der Waals surface area contributed by atoms with E-state index in [1.165, 1.54) is 11.6 Å². The van der Waals surface area contributed by atoms with Crippen LogP contribution in [0.2, 0.25) is 0 Å². The topological polar surface area (TPSA) is 31.5 Å². The fraction of sp³-hybridized carbons (Fsp3) is 0.500. The molecule has 5 rings (SSSR count). The molecule has 1 fully saturated rings. The molecule has 1 saturated heterocycles. The average Bonchev–Trinajstić information content (AvgIpc) is 3.13. The van der Waals surface area contributed by atoms with E-state index in [1.54, 1.807) is 19.9 Å². The van der Waals surface area contributed by atoms with Crippen LogP contribution in [-0.4, -0.2) is 65.5 Å². The summed E-state index contributed by atoms with van der Waals surface area (Å²) in [7, 11) is 0. The van der Waals surface area contributed by atoms with Crippen molar-refractivity contribution in [2.24, 2.45) is 0 Å². The second-order valence-electron chi connectivity index (χ2n) is 10.6. The van der Waals surface area contributed by atoms with Crippen molar-refractivity contribution >= 4 is 10.9 Å². The first-order chi connectivity index (χ1) is 16.7. The first-order valence-corrected chi connectivity index (χ1v) is 12.5. The van der Waals surface area contributed by atoms with E-state index in [2.05, 4.69) is 27.8 Å². The van der Waals surface area contributed by atoms with Gasteiger partial charge in [-0.1, -0.05) is 24.3 Å². The number of hydrogen-bond donors (Lipinski definition) is 1. The predicted molar refractivity (Wildman–Crippen MR) is 133 cm³/mol. The van der Waals surface area contributed by atoms with Crippen LogP contribution in [0.25, 0.3) is 10.9 Å². The number of nitrogens with zero attached hydrogens (tertiary/aromatic N) is 2. The third-order valence-electron chi connectivity index (χ3n) is 7.18. The Bertz CT molecular complexity index is 1180. The van der Waals surface area contributed by atoms with E-state index >= 15 is 4.39 Å². The Morgan fingerprint density at radius 3 is 2.63 bits per heavy atom. The second kappa shape index (κ2) is 9.51. The summed E-state index contributed by atoms with van der Waals surface area (Å²) in [5.74, 6) is 0.126. The first kappa shape index (κ1) is 24.2. The number of benzene rings is 2. The van der Waals surface area contributed by atoms with Gasteiger partial charge in [0, 0.05) is 60.4 Å². The first-order valence-electron chi connectivity index (χ1n) is 12.5. The molecule has 188 valence electrons. The van der Waals surface area contributed by atoms with Gasteiger partial charge >= 0.3 is 0 Å². The van der Waals surface area contributed by atoms with Crippen LogP contribution in [0.4, 0.5) is 13.2 Å². The summed E-state index contributed by atoms with van der Waals surface area (Å²) in [5.41, 5.74) is 2.21. The summed E-state index contributed by atoms with van der Waals surface area (Å²) < 4.78 is 48.9. The molecule has 0 aliphatic carbocycles. The lowest BCUT2D eigenvalue weighted by atomic mass is 9.87. The summed E-state index contributed by atoms with van der Waals surface area (Å²) in [6.45, 7) is 7.27. The fourth-order valence-corrected chi connectivity index (χ4v) is 5.58. The molecule has 0 amide bonds. The van der Waals surface area contributed by atoms with Crippen LogP contribution < -0.4 is 4.74 Å². The molecule has 3 aromatic rings. The molecule has 0 radical (unpaired) electrons. The number of hydrogen-bond acceptors (Lipinski definition) is 3. The maximum absolute atomic E-state index is 15.7. The SMILES string of the molecule is C[C@@H]1Cc2c([nH]c3ccccc23)C(c2ccc(OC3CN(CCCF)C3)cc2F)N1CC(C)(C)F. The average molecular weight is 486 g/mol. The second-order valence-corrected chi connectivity index (χ2v) is 10.6. The van der Waals surface area contributed by atoms with Gasteiger partial charge in [0.15, 0.2) is 0 Å². The Morgan fingerprint density at radius 1 is 1.14 bits per heavy atom. The highest BCUT2D eigenvalue weighted by molar-refractivity contribution is 5.85. The monoisotopic (exact) mass is 485 g/mol. The molecule has 1 N–H and O–H groups in total. The molecule has 1 aromatic heterocycles. The molecular weight excluding hydrogens is 451 g/mol. The third kappa shape index (κ3) is 4.94. The van der Waals surface area contributed by atoms with Gasteiger partial charge in [-0.25, -0.2) is 8.78 Å². The Kier molecular flexibility index (Phi) is 6.57. The normalized spacial score (nSPS) is 21.8. The maximum atomic E-state index is 15.7. The minimum absolute atomic E-state index is 0.0151. The van der Waals surface area contributed by atoms with E-state index in [0.717, 1.165) is 42.7 Å². The van der Waals surface area contributed by atoms with Crippen LogP contribution in [0.5, 0.6) is 5.75 Å². The van der Waals surface area contributed by atoms with Gasteiger partial charge in [-0.15, -0.1) is 0 Å². The third-order valence-corrected chi connectivity index (χ3v) is 7.18. The van der Waals surface area contributed by atoms with Crippen molar-refractivity contribution in [3.8, 4) is 5.75 Å². The van der Waals surface area contributed by atoms with Gasteiger partial charge in [-0.3, -0.25) is 14.2 Å². The number of aromatic amines is 1. The minimum atomic E-state index is -1.42. The van der Waals surface area contributed by atoms with Gasteiger partial charge < -0.3 is 9.72 Å². The van der Waals surface area contributed by atoms with Crippen LogP contribution in [0, 0.1) is 5.82 Å². The molecule has 7 heteroatoms. The number of likely N-dealkylation sites (tertiary alicyclic amines) is 1. The molecule has 0 spiro atoms. The van der Waals surface area contributed by atoms with E-state index in [4.69, 9.17) is 4.74 Å². The molecule has 2 aromatic carbocycles. The van der Waals surface area contributed by atoms with Crippen LogP contribution >= 0.6 is 0 Å². The van der Waals surface area contributed by atoms with Crippen molar-refractivity contribution in [1.29, 1.82) is 0 Å². The minimum Gasteiger partial charge on any atom is -0.488 e. The summed E-state index contributed by atoms with van der Waals surface area (Å²) in [6, 6.07) is 12.8. The zero-order valence-corrected chi connectivity index (χ0v) is 20.7. The van der Waals surface area contributed by atoms with Crippen LogP contribution in [0.1, 0.15) is 50.1 Å². The van der Waals surface area contributed by atoms with Crippen LogP contribution in [-0.2, 0) is 6.42 Å². The summed E-state index contributed by atoms with van der Waals surface area (Å²) in [6.07, 6.45) is 1.28. The number of halogens is 3. The molecular formula is C28H34F3N3O. The summed E-state index contributed by atoms with van der Waals surface area (Å²) in [5, 5.41) is 1.14. The van der Waals surface area contributed by atoms with E-state index in [9.17, 15) is 8.78 Å². The number of para-hydroxylation sites is 1. The fourth-order valence-electron chi connectivity index (χ4n) is 5.58. The van der Waals surface area contributed by atoms with Crippen LogP contribution in [0.15, 0.2) is 42.5 Å².